The zero-order valence-electron chi connectivity index (χ0n) is 18.2. The fourth-order valence-corrected chi connectivity index (χ4v) is 5.56. The third-order valence-corrected chi connectivity index (χ3v) is 7.53. The third-order valence-electron chi connectivity index (χ3n) is 6.84. The van der Waals surface area contributed by atoms with Crippen molar-refractivity contribution < 1.29 is 14.3 Å². The number of piperidine rings is 1. The number of hydrogen-bond donors (Lipinski definition) is 0. The second-order valence-corrected chi connectivity index (χ2v) is 9.51. The topological polar surface area (TPSA) is 49.9 Å². The number of hydrogen-bond acceptors (Lipinski definition) is 4. The average molecular weight is 441 g/mol. The summed E-state index contributed by atoms with van der Waals surface area (Å²) in [5.74, 6) is 0.838. The van der Waals surface area contributed by atoms with E-state index in [0.717, 1.165) is 50.8 Å². The van der Waals surface area contributed by atoms with Crippen LogP contribution in [0, 0.1) is 11.8 Å². The fourth-order valence-electron chi connectivity index (χ4n) is 4.93. The Balaban J connectivity index is 1.45. The molecule has 1 aromatic heterocycles. The van der Waals surface area contributed by atoms with Crippen LogP contribution in [0.4, 0.5) is 0 Å². The Morgan fingerprint density at radius 1 is 1.10 bits per heavy atom. The Morgan fingerprint density at radius 3 is 2.45 bits per heavy atom. The Hall–Kier alpha value is -2.18. The predicted molar refractivity (Wildman–Crippen MR) is 123 cm³/mol. The number of nitrogens with zero attached hydrogens (tertiary/aromatic N) is 2. The van der Waals surface area contributed by atoms with Gasteiger partial charge in [0.1, 0.15) is 0 Å². The third kappa shape index (κ3) is 5.36. The highest BCUT2D eigenvalue weighted by Crippen LogP contribution is 2.29. The summed E-state index contributed by atoms with van der Waals surface area (Å²) in [6.07, 6.45) is 4.34. The first-order valence-electron chi connectivity index (χ1n) is 11.3. The van der Waals surface area contributed by atoms with Crippen LogP contribution in [-0.2, 0) is 16.0 Å². The minimum absolute atomic E-state index is 0.0669. The molecule has 31 heavy (non-hydrogen) atoms. The van der Waals surface area contributed by atoms with Crippen LogP contribution in [0.5, 0.6) is 0 Å². The van der Waals surface area contributed by atoms with Gasteiger partial charge in [-0.15, -0.1) is 0 Å². The molecule has 1 atom stereocenters. The molecule has 1 unspecified atom stereocenters. The smallest absolute Gasteiger partial charge is 0.254 e. The van der Waals surface area contributed by atoms with Gasteiger partial charge in [-0.25, -0.2) is 0 Å². The van der Waals surface area contributed by atoms with E-state index in [1.54, 1.807) is 11.3 Å². The fraction of sp³-hybridized carbons (Fsp3) is 0.520. The lowest BCUT2D eigenvalue weighted by atomic mass is 9.84. The van der Waals surface area contributed by atoms with Crippen LogP contribution in [0.2, 0.25) is 0 Å². The molecule has 0 bridgehead atoms. The number of thiophene rings is 1. The predicted octanol–water partition coefficient (Wildman–Crippen LogP) is 4.10. The molecule has 0 radical (unpaired) electrons. The molecule has 2 aliphatic heterocycles. The molecule has 6 heteroatoms. The lowest BCUT2D eigenvalue weighted by molar-refractivity contribution is -0.140. The first-order valence-corrected chi connectivity index (χ1v) is 12.3. The zero-order valence-corrected chi connectivity index (χ0v) is 19.1. The maximum Gasteiger partial charge on any atom is 0.254 e. The summed E-state index contributed by atoms with van der Waals surface area (Å²) in [7, 11) is 1.98. The van der Waals surface area contributed by atoms with Crippen molar-refractivity contribution in [3.63, 3.8) is 0 Å². The summed E-state index contributed by atoms with van der Waals surface area (Å²) >= 11 is 1.56. The van der Waals surface area contributed by atoms with E-state index >= 15 is 0 Å². The van der Waals surface area contributed by atoms with Gasteiger partial charge >= 0.3 is 0 Å². The summed E-state index contributed by atoms with van der Waals surface area (Å²) in [5.41, 5.74) is 2.05. The van der Waals surface area contributed by atoms with Crippen molar-refractivity contribution >= 4 is 23.2 Å². The Kier molecular flexibility index (Phi) is 7.41. The highest BCUT2D eigenvalue weighted by atomic mass is 32.1. The van der Waals surface area contributed by atoms with Gasteiger partial charge in [0.15, 0.2) is 0 Å². The van der Waals surface area contributed by atoms with E-state index in [-0.39, 0.29) is 23.8 Å². The minimum Gasteiger partial charge on any atom is -0.381 e. The van der Waals surface area contributed by atoms with Crippen LogP contribution in [0.25, 0.3) is 0 Å². The Labute approximate surface area is 189 Å². The van der Waals surface area contributed by atoms with Crippen LogP contribution in [0.15, 0.2) is 47.2 Å². The van der Waals surface area contributed by atoms with Crippen LogP contribution in [0.1, 0.15) is 41.6 Å². The van der Waals surface area contributed by atoms with E-state index < -0.39 is 0 Å². The highest BCUT2D eigenvalue weighted by Gasteiger charge is 2.35. The van der Waals surface area contributed by atoms with Gasteiger partial charge in [-0.1, -0.05) is 30.3 Å². The van der Waals surface area contributed by atoms with E-state index in [1.165, 1.54) is 5.56 Å². The molecule has 2 fully saturated rings. The molecule has 166 valence electrons. The molecule has 0 saturated carbocycles. The van der Waals surface area contributed by atoms with Crippen LogP contribution >= 0.6 is 11.3 Å². The van der Waals surface area contributed by atoms with E-state index in [0.29, 0.717) is 19.1 Å². The zero-order chi connectivity index (χ0) is 21.6. The summed E-state index contributed by atoms with van der Waals surface area (Å²) in [4.78, 5) is 30.0. The lowest BCUT2D eigenvalue weighted by Gasteiger charge is -2.41. The summed E-state index contributed by atoms with van der Waals surface area (Å²) in [5, 5.41) is 3.87. The van der Waals surface area contributed by atoms with Crippen molar-refractivity contribution in [2.75, 3.05) is 33.4 Å². The second-order valence-electron chi connectivity index (χ2n) is 8.73. The number of carbonyl (C=O) groups excluding carboxylic acids is 2. The van der Waals surface area contributed by atoms with Gasteiger partial charge in [-0.3, -0.25) is 9.59 Å². The van der Waals surface area contributed by atoms with Crippen molar-refractivity contribution in [2.45, 2.75) is 38.1 Å². The van der Waals surface area contributed by atoms with Crippen LogP contribution in [0.3, 0.4) is 0 Å². The molecule has 3 heterocycles. The van der Waals surface area contributed by atoms with Gasteiger partial charge in [0.05, 0.1) is 5.56 Å². The summed E-state index contributed by atoms with van der Waals surface area (Å²) in [6.45, 7) is 2.86. The number of amides is 2. The van der Waals surface area contributed by atoms with Gasteiger partial charge in [0.25, 0.3) is 5.91 Å². The normalized spacial score (nSPS) is 19.2. The monoisotopic (exact) mass is 440 g/mol. The van der Waals surface area contributed by atoms with Gasteiger partial charge in [0, 0.05) is 50.7 Å². The van der Waals surface area contributed by atoms with Crippen LogP contribution in [-0.4, -0.2) is 61.0 Å². The number of likely N-dealkylation sites (N-methyl/N-ethyl adjacent to an activating group) is 1. The maximum absolute atomic E-state index is 13.3. The minimum atomic E-state index is 0.0669. The van der Waals surface area contributed by atoms with Crippen molar-refractivity contribution in [1.82, 2.24) is 9.80 Å². The molecule has 0 aliphatic carbocycles. The molecular formula is C25H32N2O3S. The number of carbonyl (C=O) groups is 2. The molecule has 1 aromatic carbocycles. The second kappa shape index (κ2) is 10.4. The highest BCUT2D eigenvalue weighted by molar-refractivity contribution is 7.08. The molecule has 2 aliphatic rings. The number of rotatable bonds is 6. The van der Waals surface area contributed by atoms with Gasteiger partial charge in [-0.05, 0) is 55.0 Å². The largest absolute Gasteiger partial charge is 0.381 e. The number of likely N-dealkylation sites (tertiary alicyclic amines) is 1. The standard InChI is InChI=1S/C25H32N2O3S/c1-26(24(28)21-9-14-30-15-10-21)23(17-19-5-3-2-4-6-19)20-7-12-27(13-8-20)25(29)22-11-16-31-18-22/h2-6,11,16,18,20-21,23H,7-10,12-15,17H2,1H3. The maximum atomic E-state index is 13.3. The molecular weight excluding hydrogens is 408 g/mol. The van der Waals surface area contributed by atoms with Crippen LogP contribution < -0.4 is 0 Å². The molecule has 2 saturated heterocycles. The molecule has 2 aromatic rings. The summed E-state index contributed by atoms with van der Waals surface area (Å²) in [6, 6.07) is 12.5. The number of benzene rings is 1. The Bertz CT molecular complexity index is 841. The molecule has 0 N–H and O–H groups in total. The average Bonchev–Trinajstić information content (AvgIpc) is 3.38. The summed E-state index contributed by atoms with van der Waals surface area (Å²) < 4.78 is 5.46. The number of ether oxygens (including phenoxy) is 1. The van der Waals surface area contributed by atoms with Crippen molar-refractivity contribution in [1.29, 1.82) is 0 Å². The Morgan fingerprint density at radius 2 is 1.81 bits per heavy atom. The first kappa shape index (κ1) is 22.0. The van der Waals surface area contributed by atoms with Gasteiger partial charge < -0.3 is 14.5 Å². The lowest BCUT2D eigenvalue weighted by Crippen LogP contribution is -2.50. The van der Waals surface area contributed by atoms with E-state index in [9.17, 15) is 9.59 Å². The van der Waals surface area contributed by atoms with Crippen molar-refractivity contribution in [3.05, 3.63) is 58.3 Å². The van der Waals surface area contributed by atoms with Crippen molar-refractivity contribution in [3.8, 4) is 0 Å². The van der Waals surface area contributed by atoms with E-state index in [2.05, 4.69) is 24.3 Å². The molecule has 5 nitrogen and oxygen atoms in total. The SMILES string of the molecule is CN(C(=O)C1CCOCC1)C(Cc1ccccc1)C1CCN(C(=O)c2ccsc2)CC1. The quantitative estimate of drug-likeness (QED) is 0.680. The van der Waals surface area contributed by atoms with E-state index in [1.807, 2.05) is 39.7 Å². The van der Waals surface area contributed by atoms with Gasteiger partial charge in [-0.2, -0.15) is 11.3 Å². The van der Waals surface area contributed by atoms with Crippen molar-refractivity contribution in [2.24, 2.45) is 11.8 Å². The van der Waals surface area contributed by atoms with E-state index in [4.69, 9.17) is 4.74 Å². The molecule has 0 spiro atoms. The molecule has 4 rings (SSSR count). The molecule has 2 amide bonds. The van der Waals surface area contributed by atoms with Gasteiger partial charge in [0.2, 0.25) is 5.91 Å². The first-order chi connectivity index (χ1) is 15.1.